The number of benzene rings is 2. The van der Waals surface area contributed by atoms with Gasteiger partial charge in [0.25, 0.3) is 0 Å². The van der Waals surface area contributed by atoms with E-state index in [1.165, 1.54) is 6.08 Å². The lowest BCUT2D eigenvalue weighted by Crippen LogP contribution is -2.13. The highest BCUT2D eigenvalue weighted by Crippen LogP contribution is 2.29. The van der Waals surface area contributed by atoms with Gasteiger partial charge in [-0.2, -0.15) is 8.42 Å². The van der Waals surface area contributed by atoms with Gasteiger partial charge in [-0.05, 0) is 61.2 Å². The monoisotopic (exact) mass is 548 g/mol. The van der Waals surface area contributed by atoms with Gasteiger partial charge in [0.1, 0.15) is 12.4 Å². The Morgan fingerprint density at radius 3 is 2.29 bits per heavy atom. The maximum atomic E-state index is 12.0. The third kappa shape index (κ3) is 12.5. The number of carbonyl (C=O) groups is 1. The smallest absolute Gasteiger partial charge is 0.330 e. The molecule has 0 saturated heterocycles. The topological polar surface area (TPSA) is 97.4 Å². The molecule has 0 aromatic heterocycles. The fourth-order valence-corrected chi connectivity index (χ4v) is 4.37. The molecule has 0 spiro atoms. The molecular weight excluding hydrogens is 508 g/mol. The van der Waals surface area contributed by atoms with Crippen LogP contribution in [0, 0.1) is 0 Å². The van der Waals surface area contributed by atoms with Gasteiger partial charge < -0.3 is 23.1 Å². The van der Waals surface area contributed by atoms with E-state index in [1.54, 1.807) is 18.2 Å². The second kappa shape index (κ2) is 17.5. The first-order chi connectivity index (χ1) is 18.4. The van der Waals surface area contributed by atoms with Crippen LogP contribution in [0.4, 0.5) is 0 Å². The van der Waals surface area contributed by atoms with Crippen molar-refractivity contribution in [1.82, 2.24) is 0 Å². The van der Waals surface area contributed by atoms with Crippen LogP contribution in [0.25, 0.3) is 6.08 Å². The molecule has 2 aromatic carbocycles. The number of hydrogen-bond acceptors (Lipinski definition) is 8. The van der Waals surface area contributed by atoms with Crippen molar-refractivity contribution in [2.24, 2.45) is 0 Å². The Hall–Kier alpha value is -3.04. The summed E-state index contributed by atoms with van der Waals surface area (Å²) in [5.74, 6) is 1.09. The van der Waals surface area contributed by atoms with E-state index in [4.69, 9.17) is 23.1 Å². The molecule has 0 fully saturated rings. The molecule has 0 aliphatic heterocycles. The van der Waals surface area contributed by atoms with E-state index in [0.29, 0.717) is 56.5 Å². The van der Waals surface area contributed by atoms with Gasteiger partial charge in [0, 0.05) is 19.1 Å². The Morgan fingerprint density at radius 1 is 0.842 bits per heavy atom. The van der Waals surface area contributed by atoms with Crippen molar-refractivity contribution in [3.8, 4) is 17.2 Å². The van der Waals surface area contributed by atoms with Gasteiger partial charge in [0.2, 0.25) is 0 Å². The molecule has 0 unspecified atom stereocenters. The summed E-state index contributed by atoms with van der Waals surface area (Å²) in [5, 5.41) is 0. The predicted molar refractivity (Wildman–Crippen MR) is 148 cm³/mol. The van der Waals surface area contributed by atoms with Gasteiger partial charge >= 0.3 is 16.1 Å². The molecule has 0 N–H and O–H groups in total. The molecule has 0 atom stereocenters. The van der Waals surface area contributed by atoms with E-state index >= 15 is 0 Å². The van der Waals surface area contributed by atoms with Gasteiger partial charge in [0.15, 0.2) is 11.5 Å². The lowest BCUT2D eigenvalue weighted by Gasteiger charge is -2.14. The minimum Gasteiger partial charge on any atom is -0.490 e. The van der Waals surface area contributed by atoms with E-state index in [9.17, 15) is 13.2 Å². The summed E-state index contributed by atoms with van der Waals surface area (Å²) in [5.41, 5.74) is 1.77. The van der Waals surface area contributed by atoms with Gasteiger partial charge in [-0.1, -0.05) is 44.9 Å². The van der Waals surface area contributed by atoms with E-state index < -0.39 is 16.1 Å². The van der Waals surface area contributed by atoms with Gasteiger partial charge in [-0.25, -0.2) is 4.79 Å². The lowest BCUT2D eigenvalue weighted by molar-refractivity contribution is -0.139. The standard InChI is InChI=1S/C29H40O8S/c1-4-7-18-34-28-23-25(12-16-29(30)36-21-20-33-6-3)11-15-27(28)35-19-17-24-9-13-26(14-10-24)37-38(31,32)22-8-5-2/h9-16,23H,4-8,17-22H2,1-3H3. The molecule has 8 nitrogen and oxygen atoms in total. The van der Waals surface area contributed by atoms with Gasteiger partial charge in [-0.15, -0.1) is 0 Å². The zero-order valence-electron chi connectivity index (χ0n) is 22.6. The molecule has 0 aliphatic rings. The second-order valence-electron chi connectivity index (χ2n) is 8.55. The van der Waals surface area contributed by atoms with Crippen LogP contribution in [0.15, 0.2) is 48.5 Å². The number of esters is 1. The number of hydrogen-bond donors (Lipinski definition) is 0. The van der Waals surface area contributed by atoms with Crippen molar-refractivity contribution >= 4 is 22.2 Å². The Kier molecular flexibility index (Phi) is 14.3. The number of ether oxygens (including phenoxy) is 4. The summed E-state index contributed by atoms with van der Waals surface area (Å²) in [6, 6.07) is 12.5. The summed E-state index contributed by atoms with van der Waals surface area (Å²) >= 11 is 0. The largest absolute Gasteiger partial charge is 0.490 e. The molecule has 2 aromatic rings. The zero-order valence-corrected chi connectivity index (χ0v) is 23.5. The maximum absolute atomic E-state index is 12.0. The summed E-state index contributed by atoms with van der Waals surface area (Å²) in [6.07, 6.45) is 6.94. The third-order valence-electron chi connectivity index (χ3n) is 5.35. The molecule has 0 bridgehead atoms. The molecule has 2 rings (SSSR count). The van der Waals surface area contributed by atoms with Crippen molar-refractivity contribution < 1.29 is 36.3 Å². The highest BCUT2D eigenvalue weighted by Gasteiger charge is 2.12. The van der Waals surface area contributed by atoms with Crippen LogP contribution in [0.3, 0.4) is 0 Å². The first kappa shape index (κ1) is 31.2. The van der Waals surface area contributed by atoms with Crippen LogP contribution in [0.1, 0.15) is 57.6 Å². The van der Waals surface area contributed by atoms with Crippen LogP contribution in [-0.4, -0.2) is 53.2 Å². The minimum atomic E-state index is -3.57. The lowest BCUT2D eigenvalue weighted by atomic mass is 10.1. The van der Waals surface area contributed by atoms with Crippen molar-refractivity contribution in [2.75, 3.05) is 38.8 Å². The fraction of sp³-hybridized carbons (Fsp3) is 0.483. The van der Waals surface area contributed by atoms with Crippen molar-refractivity contribution in [3.05, 3.63) is 59.7 Å². The SMILES string of the molecule is CCCCOc1cc(C=CC(=O)OCCOCC)ccc1OCCc1ccc(OS(=O)(=O)CCCC)cc1. The molecule has 0 heterocycles. The van der Waals surface area contributed by atoms with Crippen LogP contribution in [0.5, 0.6) is 17.2 Å². The predicted octanol–water partition coefficient (Wildman–Crippen LogP) is 5.59. The first-order valence-corrected chi connectivity index (χ1v) is 14.8. The average Bonchev–Trinajstić information content (AvgIpc) is 2.90. The number of unbranched alkanes of at least 4 members (excludes halogenated alkanes) is 2. The van der Waals surface area contributed by atoms with Crippen LogP contribution >= 0.6 is 0 Å². The van der Waals surface area contributed by atoms with Gasteiger partial charge in [0.05, 0.1) is 25.6 Å². The van der Waals surface area contributed by atoms with Crippen LogP contribution in [-0.2, 0) is 30.8 Å². The van der Waals surface area contributed by atoms with Gasteiger partial charge in [-0.3, -0.25) is 0 Å². The Labute approximate surface area is 227 Å². The number of rotatable bonds is 19. The molecule has 0 radical (unpaired) electrons. The molecule has 9 heteroatoms. The van der Waals surface area contributed by atoms with E-state index in [-0.39, 0.29) is 12.4 Å². The quantitative estimate of drug-likeness (QED) is 0.0970. The molecule has 38 heavy (non-hydrogen) atoms. The van der Waals surface area contributed by atoms with E-state index in [1.807, 2.05) is 44.2 Å². The van der Waals surface area contributed by atoms with E-state index in [0.717, 1.165) is 30.4 Å². The Bertz CT molecular complexity index is 1090. The van der Waals surface area contributed by atoms with Crippen molar-refractivity contribution in [3.63, 3.8) is 0 Å². The Balaban J connectivity index is 1.95. The summed E-state index contributed by atoms with van der Waals surface area (Å²) in [7, 11) is -3.57. The summed E-state index contributed by atoms with van der Waals surface area (Å²) in [4.78, 5) is 11.9. The molecular formula is C29H40O8S. The maximum Gasteiger partial charge on any atom is 0.330 e. The highest BCUT2D eigenvalue weighted by atomic mass is 32.2. The van der Waals surface area contributed by atoms with Crippen LogP contribution in [0.2, 0.25) is 0 Å². The second-order valence-corrected chi connectivity index (χ2v) is 10.2. The van der Waals surface area contributed by atoms with Crippen molar-refractivity contribution in [1.29, 1.82) is 0 Å². The zero-order chi connectivity index (χ0) is 27.6. The first-order valence-electron chi connectivity index (χ1n) is 13.2. The minimum absolute atomic E-state index is 0.00882. The van der Waals surface area contributed by atoms with E-state index in [2.05, 4.69) is 6.92 Å². The normalized spacial score (nSPS) is 11.4. The summed E-state index contributed by atoms with van der Waals surface area (Å²) < 4.78 is 51.3. The fourth-order valence-electron chi connectivity index (χ4n) is 3.24. The molecule has 0 aliphatic carbocycles. The average molecular weight is 549 g/mol. The third-order valence-corrected chi connectivity index (χ3v) is 6.59. The van der Waals surface area contributed by atoms with Crippen LogP contribution < -0.4 is 13.7 Å². The number of carbonyl (C=O) groups excluding carboxylic acids is 1. The molecule has 210 valence electrons. The Morgan fingerprint density at radius 2 is 1.58 bits per heavy atom. The molecule has 0 amide bonds. The highest BCUT2D eigenvalue weighted by molar-refractivity contribution is 7.87. The van der Waals surface area contributed by atoms with Crippen molar-refractivity contribution in [2.45, 2.75) is 52.9 Å². The molecule has 0 saturated carbocycles. The summed E-state index contributed by atoms with van der Waals surface area (Å²) in [6.45, 7) is 8.03.